The van der Waals surface area contributed by atoms with Crippen LogP contribution in [0.3, 0.4) is 0 Å². The van der Waals surface area contributed by atoms with Gasteiger partial charge >= 0.3 is 0 Å². The molecule has 2 amide bonds. The highest BCUT2D eigenvalue weighted by Crippen LogP contribution is 2.22. The molecule has 2 aromatic carbocycles. The van der Waals surface area contributed by atoms with Gasteiger partial charge in [0.25, 0.3) is 11.8 Å². The highest BCUT2D eigenvalue weighted by Gasteiger charge is 2.09. The van der Waals surface area contributed by atoms with Gasteiger partial charge in [-0.3, -0.25) is 14.4 Å². The summed E-state index contributed by atoms with van der Waals surface area (Å²) in [6, 6.07) is 11.2. The molecule has 0 aliphatic rings. The number of carbonyl (C=O) groups excluding carboxylic acids is 3. The molecule has 0 unspecified atom stereocenters. The minimum Gasteiger partial charge on any atom is -0.497 e. The maximum absolute atomic E-state index is 12.0. The number of rotatable bonds is 7. The number of ether oxygens (including phenoxy) is 2. The molecule has 0 spiro atoms. The number of nitrogens with one attached hydrogen (secondary N) is 2. The molecule has 7 nitrogen and oxygen atoms in total. The predicted octanol–water partition coefficient (Wildman–Crippen LogP) is 1.88. The van der Waals surface area contributed by atoms with E-state index in [0.29, 0.717) is 34.6 Å². The standard InChI is InChI=1S/C18H18N2O5/c1-19-18(23)12-3-5-14(6-4-12)20-17(22)11-25-16-8-7-15(24-2)9-13(16)10-21/h3-10H,11H2,1-2H3,(H,19,23)(H,20,22). The van der Waals surface area contributed by atoms with Crippen LogP contribution in [-0.4, -0.2) is 38.9 Å². The maximum atomic E-state index is 12.0. The van der Waals surface area contributed by atoms with Crippen molar-refractivity contribution in [3.63, 3.8) is 0 Å². The van der Waals surface area contributed by atoms with Gasteiger partial charge in [-0.2, -0.15) is 0 Å². The van der Waals surface area contributed by atoms with Gasteiger partial charge in [0.05, 0.1) is 12.7 Å². The second-order valence-electron chi connectivity index (χ2n) is 5.01. The Hall–Kier alpha value is -3.35. The SMILES string of the molecule is CNC(=O)c1ccc(NC(=O)COc2ccc(OC)cc2C=O)cc1. The van der Waals surface area contributed by atoms with Crippen LogP contribution in [0, 0.1) is 0 Å². The van der Waals surface area contributed by atoms with Crippen molar-refractivity contribution in [1.82, 2.24) is 5.32 Å². The van der Waals surface area contributed by atoms with Crippen molar-refractivity contribution in [3.05, 3.63) is 53.6 Å². The third-order valence-electron chi connectivity index (χ3n) is 3.36. The number of amides is 2. The molecule has 0 bridgehead atoms. The van der Waals surface area contributed by atoms with E-state index in [1.54, 1.807) is 43.4 Å². The van der Waals surface area contributed by atoms with Gasteiger partial charge in [0.2, 0.25) is 0 Å². The van der Waals surface area contributed by atoms with Gasteiger partial charge in [-0.1, -0.05) is 0 Å². The Labute approximate surface area is 144 Å². The molecule has 0 aliphatic heterocycles. The molecule has 2 N–H and O–H groups in total. The summed E-state index contributed by atoms with van der Waals surface area (Å²) in [5, 5.41) is 5.16. The minimum absolute atomic E-state index is 0.206. The Morgan fingerprint density at radius 2 is 1.84 bits per heavy atom. The summed E-state index contributed by atoms with van der Waals surface area (Å²) in [5.74, 6) is 0.221. The molecule has 0 heterocycles. The Kier molecular flexibility index (Phi) is 6.11. The molecule has 0 saturated carbocycles. The molecule has 2 rings (SSSR count). The lowest BCUT2D eigenvalue weighted by Crippen LogP contribution is -2.21. The first kappa shape index (κ1) is 18.0. The second kappa shape index (κ2) is 8.49. The van der Waals surface area contributed by atoms with E-state index in [9.17, 15) is 14.4 Å². The van der Waals surface area contributed by atoms with E-state index in [1.807, 2.05) is 0 Å². The molecule has 130 valence electrons. The first-order chi connectivity index (χ1) is 12.1. The quantitative estimate of drug-likeness (QED) is 0.750. The summed E-state index contributed by atoms with van der Waals surface area (Å²) in [7, 11) is 3.04. The lowest BCUT2D eigenvalue weighted by atomic mass is 10.2. The van der Waals surface area contributed by atoms with Crippen LogP contribution in [0.4, 0.5) is 5.69 Å². The molecule has 0 saturated heterocycles. The first-order valence-electron chi connectivity index (χ1n) is 7.45. The van der Waals surface area contributed by atoms with Crippen LogP contribution in [-0.2, 0) is 4.79 Å². The van der Waals surface area contributed by atoms with Gasteiger partial charge in [-0.25, -0.2) is 0 Å². The molecule has 2 aromatic rings. The zero-order chi connectivity index (χ0) is 18.2. The molecule has 0 aromatic heterocycles. The van der Waals surface area contributed by atoms with Gasteiger partial charge < -0.3 is 20.1 Å². The van der Waals surface area contributed by atoms with Crippen LogP contribution in [0.25, 0.3) is 0 Å². The highest BCUT2D eigenvalue weighted by molar-refractivity contribution is 5.96. The van der Waals surface area contributed by atoms with E-state index in [1.165, 1.54) is 13.2 Å². The van der Waals surface area contributed by atoms with Crippen LogP contribution in [0.5, 0.6) is 11.5 Å². The van der Waals surface area contributed by atoms with Crippen molar-refractivity contribution in [3.8, 4) is 11.5 Å². The van der Waals surface area contributed by atoms with Crippen molar-refractivity contribution in [1.29, 1.82) is 0 Å². The smallest absolute Gasteiger partial charge is 0.262 e. The molecular weight excluding hydrogens is 324 g/mol. The fraction of sp³-hybridized carbons (Fsp3) is 0.167. The number of methoxy groups -OCH3 is 1. The Balaban J connectivity index is 1.94. The van der Waals surface area contributed by atoms with Crippen molar-refractivity contribution in [2.45, 2.75) is 0 Å². The third kappa shape index (κ3) is 4.81. The van der Waals surface area contributed by atoms with Crippen LogP contribution in [0.2, 0.25) is 0 Å². The highest BCUT2D eigenvalue weighted by atomic mass is 16.5. The predicted molar refractivity (Wildman–Crippen MR) is 92.3 cm³/mol. The largest absolute Gasteiger partial charge is 0.497 e. The van der Waals surface area contributed by atoms with Crippen LogP contribution in [0.1, 0.15) is 20.7 Å². The summed E-state index contributed by atoms with van der Waals surface area (Å²) < 4.78 is 10.4. The zero-order valence-electron chi connectivity index (χ0n) is 13.9. The van der Waals surface area contributed by atoms with Gasteiger partial charge in [-0.15, -0.1) is 0 Å². The van der Waals surface area contributed by atoms with E-state index in [4.69, 9.17) is 9.47 Å². The number of benzene rings is 2. The van der Waals surface area contributed by atoms with Crippen LogP contribution in [0.15, 0.2) is 42.5 Å². The van der Waals surface area contributed by atoms with E-state index in [0.717, 1.165) is 0 Å². The lowest BCUT2D eigenvalue weighted by molar-refractivity contribution is -0.118. The van der Waals surface area contributed by atoms with Crippen LogP contribution < -0.4 is 20.1 Å². The summed E-state index contributed by atoms with van der Waals surface area (Å²) in [6.45, 7) is -0.260. The van der Waals surface area contributed by atoms with E-state index < -0.39 is 0 Å². The molecule has 25 heavy (non-hydrogen) atoms. The van der Waals surface area contributed by atoms with Gasteiger partial charge in [0.15, 0.2) is 12.9 Å². The lowest BCUT2D eigenvalue weighted by Gasteiger charge is -2.10. The number of carbonyl (C=O) groups is 3. The van der Waals surface area contributed by atoms with Crippen molar-refractivity contribution in [2.75, 3.05) is 26.1 Å². The Morgan fingerprint density at radius 3 is 2.44 bits per heavy atom. The average Bonchev–Trinajstić information content (AvgIpc) is 2.66. The van der Waals surface area contributed by atoms with Crippen molar-refractivity contribution < 1.29 is 23.9 Å². The zero-order valence-corrected chi connectivity index (χ0v) is 13.9. The molecule has 0 aliphatic carbocycles. The molecule has 7 heteroatoms. The van der Waals surface area contributed by atoms with Gasteiger partial charge in [0.1, 0.15) is 11.5 Å². The van der Waals surface area contributed by atoms with Gasteiger partial charge in [-0.05, 0) is 42.5 Å². The molecular formula is C18H18N2O5. The normalized spacial score (nSPS) is 9.84. The van der Waals surface area contributed by atoms with Crippen LogP contribution >= 0.6 is 0 Å². The number of hydrogen-bond acceptors (Lipinski definition) is 5. The maximum Gasteiger partial charge on any atom is 0.262 e. The Bertz CT molecular complexity index is 772. The fourth-order valence-electron chi connectivity index (χ4n) is 2.07. The van der Waals surface area contributed by atoms with E-state index in [-0.39, 0.29) is 18.4 Å². The summed E-state index contributed by atoms with van der Waals surface area (Å²) in [6.07, 6.45) is 0.632. The van der Waals surface area contributed by atoms with E-state index >= 15 is 0 Å². The van der Waals surface area contributed by atoms with Gasteiger partial charge in [0, 0.05) is 18.3 Å². The Morgan fingerprint density at radius 1 is 1.12 bits per heavy atom. The minimum atomic E-state index is -0.389. The summed E-state index contributed by atoms with van der Waals surface area (Å²) >= 11 is 0. The fourth-order valence-corrected chi connectivity index (χ4v) is 2.07. The van der Waals surface area contributed by atoms with Crippen molar-refractivity contribution in [2.24, 2.45) is 0 Å². The molecule has 0 atom stereocenters. The number of anilines is 1. The average molecular weight is 342 g/mol. The summed E-state index contributed by atoms with van der Waals surface area (Å²) in [5.41, 5.74) is 1.32. The third-order valence-corrected chi connectivity index (χ3v) is 3.36. The number of aldehydes is 1. The molecule has 0 fully saturated rings. The first-order valence-corrected chi connectivity index (χ1v) is 7.45. The second-order valence-corrected chi connectivity index (χ2v) is 5.01. The molecule has 0 radical (unpaired) electrons. The van der Waals surface area contributed by atoms with Crippen molar-refractivity contribution >= 4 is 23.8 Å². The van der Waals surface area contributed by atoms with E-state index in [2.05, 4.69) is 10.6 Å². The number of hydrogen-bond donors (Lipinski definition) is 2. The monoisotopic (exact) mass is 342 g/mol. The topological polar surface area (TPSA) is 93.7 Å². The summed E-state index contributed by atoms with van der Waals surface area (Å²) in [4.78, 5) is 34.5.